The summed E-state index contributed by atoms with van der Waals surface area (Å²) in [6.07, 6.45) is 1.74. The van der Waals surface area contributed by atoms with E-state index in [1.54, 1.807) is 18.2 Å². The van der Waals surface area contributed by atoms with Gasteiger partial charge in [-0.3, -0.25) is 9.69 Å². The average molecular weight is 443 g/mol. The number of hydrogen-bond donors (Lipinski definition) is 1. The molecule has 0 spiro atoms. The number of phenols is 1. The number of piperazine rings is 1. The fourth-order valence-electron chi connectivity index (χ4n) is 3.67. The minimum Gasteiger partial charge on any atom is -0.507 e. The number of hydrogen-bond acceptors (Lipinski definition) is 5. The maximum absolute atomic E-state index is 12.8. The topological polar surface area (TPSA) is 53.0 Å². The van der Waals surface area contributed by atoms with Gasteiger partial charge in [0.15, 0.2) is 5.76 Å². The molecule has 0 bridgehead atoms. The molecule has 0 radical (unpaired) electrons. The first-order chi connectivity index (χ1) is 13.6. The molecule has 2 aromatic carbocycles. The predicted octanol–water partition coefficient (Wildman–Crippen LogP) is 3.91. The van der Waals surface area contributed by atoms with E-state index in [9.17, 15) is 9.90 Å². The Hall–Kier alpha value is -2.15. The van der Waals surface area contributed by atoms with Gasteiger partial charge in [0.25, 0.3) is 0 Å². The standard InChI is InChI=1S/C22H23BrN2O3/c1-2-24-9-11-25(12-10-24)14-17-19(26)8-7-16-21(27)20(28-22(16)17)13-15-5-3-4-6-18(15)23/h3-8,13,26H,2,9-12,14H2,1H3/b20-13-. The van der Waals surface area contributed by atoms with Crippen LogP contribution in [0.4, 0.5) is 0 Å². The number of aromatic hydroxyl groups is 1. The lowest BCUT2D eigenvalue weighted by Gasteiger charge is -2.34. The molecule has 2 aliphatic heterocycles. The lowest BCUT2D eigenvalue weighted by atomic mass is 10.0. The first-order valence-corrected chi connectivity index (χ1v) is 10.3. The molecule has 5 nitrogen and oxygen atoms in total. The van der Waals surface area contributed by atoms with Crippen LogP contribution in [0.25, 0.3) is 6.08 Å². The molecule has 1 fully saturated rings. The van der Waals surface area contributed by atoms with Crippen LogP contribution in [0.5, 0.6) is 11.5 Å². The number of Topliss-reactive ketones (excluding diaryl/α,β-unsaturated/α-hetero) is 1. The van der Waals surface area contributed by atoms with Crippen LogP contribution in [-0.4, -0.2) is 53.4 Å². The summed E-state index contributed by atoms with van der Waals surface area (Å²) < 4.78 is 6.86. The highest BCUT2D eigenvalue weighted by Crippen LogP contribution is 2.40. The Bertz CT molecular complexity index is 933. The quantitative estimate of drug-likeness (QED) is 0.727. The van der Waals surface area contributed by atoms with E-state index in [0.717, 1.165) is 42.8 Å². The van der Waals surface area contributed by atoms with Crippen molar-refractivity contribution >= 4 is 27.8 Å². The molecule has 4 rings (SSSR count). The fraction of sp³-hybridized carbons (Fsp3) is 0.318. The second-order valence-electron chi connectivity index (χ2n) is 7.11. The number of nitrogens with zero attached hydrogens (tertiary/aromatic N) is 2. The predicted molar refractivity (Wildman–Crippen MR) is 113 cm³/mol. The van der Waals surface area contributed by atoms with E-state index in [4.69, 9.17) is 4.74 Å². The number of ketones is 1. The lowest BCUT2D eigenvalue weighted by molar-refractivity contribution is 0.101. The maximum atomic E-state index is 12.8. The van der Waals surface area contributed by atoms with Crippen molar-refractivity contribution in [3.05, 3.63) is 63.3 Å². The maximum Gasteiger partial charge on any atom is 0.231 e. The normalized spacial score (nSPS) is 19.1. The summed E-state index contributed by atoms with van der Waals surface area (Å²) in [4.78, 5) is 17.5. The van der Waals surface area contributed by atoms with Crippen molar-refractivity contribution in [2.24, 2.45) is 0 Å². The molecule has 2 heterocycles. The van der Waals surface area contributed by atoms with Crippen LogP contribution in [0.15, 0.2) is 46.6 Å². The zero-order valence-corrected chi connectivity index (χ0v) is 17.4. The third-order valence-electron chi connectivity index (χ3n) is 5.40. The van der Waals surface area contributed by atoms with E-state index in [-0.39, 0.29) is 17.3 Å². The number of phenolic OH excluding ortho intramolecular Hbond substituents is 1. The van der Waals surface area contributed by atoms with Crippen molar-refractivity contribution in [1.82, 2.24) is 9.80 Å². The Labute approximate surface area is 173 Å². The van der Waals surface area contributed by atoms with E-state index in [1.165, 1.54) is 0 Å². The number of ether oxygens (including phenoxy) is 1. The van der Waals surface area contributed by atoms with Crippen LogP contribution in [-0.2, 0) is 6.54 Å². The number of halogens is 1. The van der Waals surface area contributed by atoms with Crippen molar-refractivity contribution in [1.29, 1.82) is 0 Å². The van der Waals surface area contributed by atoms with Gasteiger partial charge in [0.05, 0.1) is 11.1 Å². The molecule has 0 atom stereocenters. The molecule has 0 amide bonds. The molecule has 0 unspecified atom stereocenters. The Morgan fingerprint density at radius 2 is 1.82 bits per heavy atom. The Kier molecular flexibility index (Phi) is 5.53. The van der Waals surface area contributed by atoms with Crippen molar-refractivity contribution in [2.75, 3.05) is 32.7 Å². The molecular weight excluding hydrogens is 420 g/mol. The summed E-state index contributed by atoms with van der Waals surface area (Å²) in [5.41, 5.74) is 2.07. The highest BCUT2D eigenvalue weighted by molar-refractivity contribution is 9.10. The minimum atomic E-state index is -0.150. The van der Waals surface area contributed by atoms with Crippen LogP contribution in [0.2, 0.25) is 0 Å². The van der Waals surface area contributed by atoms with Gasteiger partial charge >= 0.3 is 0 Å². The first kappa shape index (κ1) is 19.2. The molecule has 0 aromatic heterocycles. The highest BCUT2D eigenvalue weighted by Gasteiger charge is 2.32. The number of likely N-dealkylation sites (N-methyl/N-ethyl adjacent to an activating group) is 1. The van der Waals surface area contributed by atoms with Gasteiger partial charge in [-0.25, -0.2) is 0 Å². The van der Waals surface area contributed by atoms with Gasteiger partial charge in [0.1, 0.15) is 11.5 Å². The molecular formula is C22H23BrN2O3. The van der Waals surface area contributed by atoms with Crippen molar-refractivity contribution < 1.29 is 14.6 Å². The summed E-state index contributed by atoms with van der Waals surface area (Å²) in [5.74, 6) is 0.792. The Balaban J connectivity index is 1.60. The summed E-state index contributed by atoms with van der Waals surface area (Å²) >= 11 is 3.50. The minimum absolute atomic E-state index is 0.150. The zero-order valence-electron chi connectivity index (χ0n) is 15.8. The second-order valence-corrected chi connectivity index (χ2v) is 7.97. The molecule has 6 heteroatoms. The SMILES string of the molecule is CCN1CCN(Cc2c(O)ccc3c2O/C(=C\c2ccccc2Br)C3=O)CC1. The highest BCUT2D eigenvalue weighted by atomic mass is 79.9. The summed E-state index contributed by atoms with van der Waals surface area (Å²) in [6.45, 7) is 7.69. The van der Waals surface area contributed by atoms with Gasteiger partial charge < -0.3 is 14.7 Å². The van der Waals surface area contributed by atoms with Crippen LogP contribution in [0.3, 0.4) is 0 Å². The average Bonchev–Trinajstić information content (AvgIpc) is 3.02. The lowest BCUT2D eigenvalue weighted by Crippen LogP contribution is -2.45. The third-order valence-corrected chi connectivity index (χ3v) is 6.12. The molecule has 2 aromatic rings. The van der Waals surface area contributed by atoms with Crippen molar-refractivity contribution in [2.45, 2.75) is 13.5 Å². The Morgan fingerprint density at radius 3 is 2.54 bits per heavy atom. The number of rotatable bonds is 4. The van der Waals surface area contributed by atoms with Gasteiger partial charge in [0, 0.05) is 37.2 Å². The third kappa shape index (κ3) is 3.72. The molecule has 2 aliphatic rings. The molecule has 1 saturated heterocycles. The van der Waals surface area contributed by atoms with E-state index < -0.39 is 0 Å². The summed E-state index contributed by atoms with van der Waals surface area (Å²) in [5, 5.41) is 10.5. The van der Waals surface area contributed by atoms with Gasteiger partial charge in [-0.15, -0.1) is 0 Å². The monoisotopic (exact) mass is 442 g/mol. The molecule has 0 saturated carbocycles. The van der Waals surface area contributed by atoms with E-state index in [2.05, 4.69) is 32.7 Å². The number of carbonyl (C=O) groups excluding carboxylic acids is 1. The fourth-order valence-corrected chi connectivity index (χ4v) is 4.07. The second kappa shape index (κ2) is 8.07. The number of benzene rings is 2. The van der Waals surface area contributed by atoms with Crippen molar-refractivity contribution in [3.8, 4) is 11.5 Å². The van der Waals surface area contributed by atoms with Crippen LogP contribution < -0.4 is 4.74 Å². The summed E-state index contributed by atoms with van der Waals surface area (Å²) in [7, 11) is 0. The van der Waals surface area contributed by atoms with Gasteiger partial charge in [-0.1, -0.05) is 41.1 Å². The van der Waals surface area contributed by atoms with E-state index in [0.29, 0.717) is 23.4 Å². The van der Waals surface area contributed by atoms with Gasteiger partial charge in [0.2, 0.25) is 5.78 Å². The van der Waals surface area contributed by atoms with Gasteiger partial charge in [-0.2, -0.15) is 0 Å². The number of allylic oxidation sites excluding steroid dienone is 1. The number of carbonyl (C=O) groups is 1. The number of fused-ring (bicyclic) bond motifs is 1. The van der Waals surface area contributed by atoms with Gasteiger partial charge in [-0.05, 0) is 36.4 Å². The molecule has 0 aliphatic carbocycles. The first-order valence-electron chi connectivity index (χ1n) is 9.55. The molecule has 1 N–H and O–H groups in total. The summed E-state index contributed by atoms with van der Waals surface area (Å²) in [6, 6.07) is 10.9. The Morgan fingerprint density at radius 1 is 1.11 bits per heavy atom. The van der Waals surface area contributed by atoms with E-state index in [1.807, 2.05) is 24.3 Å². The zero-order chi connectivity index (χ0) is 19.7. The van der Waals surface area contributed by atoms with Crippen molar-refractivity contribution in [3.63, 3.8) is 0 Å². The van der Waals surface area contributed by atoms with E-state index >= 15 is 0 Å². The van der Waals surface area contributed by atoms with Crippen LogP contribution in [0, 0.1) is 0 Å². The van der Waals surface area contributed by atoms with Crippen LogP contribution >= 0.6 is 15.9 Å². The smallest absolute Gasteiger partial charge is 0.231 e. The molecule has 28 heavy (non-hydrogen) atoms. The molecule has 146 valence electrons. The van der Waals surface area contributed by atoms with Crippen LogP contribution in [0.1, 0.15) is 28.4 Å². The largest absolute Gasteiger partial charge is 0.507 e.